The Bertz CT molecular complexity index is 1360. The van der Waals surface area contributed by atoms with Gasteiger partial charge in [0.15, 0.2) is 5.78 Å². The lowest BCUT2D eigenvalue weighted by Gasteiger charge is -2.72. The van der Waals surface area contributed by atoms with Crippen LogP contribution in [0.15, 0.2) is 11.1 Å². The van der Waals surface area contributed by atoms with E-state index in [2.05, 4.69) is 53.8 Å². The number of carbonyl (C=O) groups is 3. The second-order valence-corrected chi connectivity index (χ2v) is 19.6. The highest BCUT2D eigenvalue weighted by Crippen LogP contribution is 2.77. The summed E-state index contributed by atoms with van der Waals surface area (Å²) in [6.07, 6.45) is 11.3. The third-order valence-corrected chi connectivity index (χ3v) is 16.2. The number of carbonyl (C=O) groups excluding carboxylic acids is 2. The van der Waals surface area contributed by atoms with Crippen LogP contribution in [0.1, 0.15) is 146 Å². The molecule has 3 N–H and O–H groups in total. The molecule has 0 bridgehead atoms. The molecule has 48 heavy (non-hydrogen) atoms. The van der Waals surface area contributed by atoms with Crippen LogP contribution in [0.3, 0.4) is 0 Å². The third kappa shape index (κ3) is 5.20. The number of aliphatic hydroxyl groups excluding tert-OH is 1. The molecule has 0 spiro atoms. The predicted molar refractivity (Wildman–Crippen MR) is 187 cm³/mol. The Balaban J connectivity index is 1.28. The number of Topliss-reactive ketones (excluding diaryl/α,β-unsaturated/α-hetero) is 1. The predicted octanol–water partition coefficient (Wildman–Crippen LogP) is 7.88. The standard InChI is InChI=1S/C41H65NO6/c1-24(2)33-27(43)21-41(30(44)23-42-25-11-10-12-25)20-19-39(8)26(34(33)41)13-14-29-38(7)17-16-31(48-32(45)22-36(3,4)35(46)47)37(5,6)28(38)15-18-40(29,39)9/h24-26,28-31,42,44H,10-23H2,1-9H3,(H,46,47)/t26-,28-,29-,30+,31+,38+,39-,40-,41+/m1/s1. The van der Waals surface area contributed by atoms with Gasteiger partial charge in [-0.1, -0.05) is 60.5 Å². The Labute approximate surface area is 289 Å². The number of nitrogens with one attached hydrogen (secondary N) is 1. The highest BCUT2D eigenvalue weighted by molar-refractivity contribution is 6.00. The minimum Gasteiger partial charge on any atom is -0.481 e. The monoisotopic (exact) mass is 667 g/mol. The number of allylic oxidation sites excluding steroid dienone is 1. The number of aliphatic carboxylic acids is 1. The Hall–Kier alpha value is -1.73. The lowest BCUT2D eigenvalue weighted by Crippen LogP contribution is -2.66. The van der Waals surface area contributed by atoms with Crippen LogP contribution in [0.2, 0.25) is 0 Å². The van der Waals surface area contributed by atoms with Gasteiger partial charge in [0.2, 0.25) is 0 Å². The van der Waals surface area contributed by atoms with Gasteiger partial charge in [0.05, 0.1) is 17.9 Å². The van der Waals surface area contributed by atoms with Gasteiger partial charge in [-0.3, -0.25) is 14.4 Å². The highest BCUT2D eigenvalue weighted by Gasteiger charge is 2.70. The molecule has 0 unspecified atom stereocenters. The topological polar surface area (TPSA) is 113 Å². The van der Waals surface area contributed by atoms with Crippen molar-refractivity contribution in [1.29, 1.82) is 0 Å². The van der Waals surface area contributed by atoms with Gasteiger partial charge in [0.25, 0.3) is 0 Å². The van der Waals surface area contributed by atoms with Crippen LogP contribution < -0.4 is 5.32 Å². The maximum atomic E-state index is 13.9. The second kappa shape index (κ2) is 11.9. The quantitative estimate of drug-likeness (QED) is 0.215. The summed E-state index contributed by atoms with van der Waals surface area (Å²) in [6, 6.07) is 0.503. The maximum absolute atomic E-state index is 13.9. The molecule has 270 valence electrons. The fraction of sp³-hybridized carbons (Fsp3) is 0.878. The molecular weight excluding hydrogens is 602 g/mol. The van der Waals surface area contributed by atoms with Crippen molar-refractivity contribution in [3.05, 3.63) is 11.1 Å². The van der Waals surface area contributed by atoms with Crippen LogP contribution in [0.25, 0.3) is 0 Å². The first kappa shape index (κ1) is 36.1. The Morgan fingerprint density at radius 1 is 0.917 bits per heavy atom. The lowest BCUT2D eigenvalue weighted by molar-refractivity contribution is -0.235. The molecule has 0 aliphatic heterocycles. The van der Waals surface area contributed by atoms with Gasteiger partial charge in [0.1, 0.15) is 6.10 Å². The fourth-order valence-electron chi connectivity index (χ4n) is 13.0. The molecule has 0 aromatic heterocycles. The minimum atomic E-state index is -1.15. The number of hydrogen-bond acceptors (Lipinski definition) is 6. The highest BCUT2D eigenvalue weighted by atomic mass is 16.5. The van der Waals surface area contributed by atoms with Gasteiger partial charge in [0, 0.05) is 29.8 Å². The summed E-state index contributed by atoms with van der Waals surface area (Å²) in [6.45, 7) is 20.3. The van der Waals surface area contributed by atoms with E-state index in [0.29, 0.717) is 36.8 Å². The van der Waals surface area contributed by atoms with E-state index in [1.807, 2.05) is 0 Å². The first-order valence-electron chi connectivity index (χ1n) is 19.4. The first-order chi connectivity index (χ1) is 22.2. The summed E-state index contributed by atoms with van der Waals surface area (Å²) < 4.78 is 6.15. The molecule has 6 aliphatic rings. The van der Waals surface area contributed by atoms with E-state index >= 15 is 0 Å². The summed E-state index contributed by atoms with van der Waals surface area (Å²) in [4.78, 5) is 38.7. The van der Waals surface area contributed by atoms with E-state index in [-0.39, 0.29) is 45.9 Å². The van der Waals surface area contributed by atoms with E-state index in [1.165, 1.54) is 24.8 Å². The van der Waals surface area contributed by atoms with Crippen molar-refractivity contribution >= 4 is 17.7 Å². The molecule has 0 amide bonds. The summed E-state index contributed by atoms with van der Waals surface area (Å²) in [5.41, 5.74) is 0.770. The molecule has 0 radical (unpaired) electrons. The Kier molecular flexibility index (Phi) is 8.96. The molecule has 0 aromatic carbocycles. The number of hydrogen-bond donors (Lipinski definition) is 3. The minimum absolute atomic E-state index is 0.0322. The Morgan fingerprint density at radius 3 is 2.21 bits per heavy atom. The first-order valence-corrected chi connectivity index (χ1v) is 19.4. The van der Waals surface area contributed by atoms with E-state index < -0.39 is 28.9 Å². The van der Waals surface area contributed by atoms with Crippen molar-refractivity contribution in [2.45, 2.75) is 164 Å². The van der Waals surface area contributed by atoms with E-state index in [1.54, 1.807) is 13.8 Å². The maximum Gasteiger partial charge on any atom is 0.309 e. The molecule has 6 rings (SSSR count). The van der Waals surface area contributed by atoms with E-state index in [4.69, 9.17) is 4.74 Å². The molecular formula is C41H65NO6. The van der Waals surface area contributed by atoms with Crippen molar-refractivity contribution in [2.75, 3.05) is 6.54 Å². The van der Waals surface area contributed by atoms with E-state index in [9.17, 15) is 24.6 Å². The summed E-state index contributed by atoms with van der Waals surface area (Å²) in [5, 5.41) is 25.2. The summed E-state index contributed by atoms with van der Waals surface area (Å²) in [7, 11) is 0. The van der Waals surface area contributed by atoms with Crippen molar-refractivity contribution in [3.63, 3.8) is 0 Å². The molecule has 5 saturated carbocycles. The zero-order valence-corrected chi connectivity index (χ0v) is 31.5. The van der Waals surface area contributed by atoms with Crippen molar-refractivity contribution in [2.24, 2.45) is 56.2 Å². The van der Waals surface area contributed by atoms with Gasteiger partial charge >= 0.3 is 11.9 Å². The summed E-state index contributed by atoms with van der Waals surface area (Å²) in [5.74, 6) is 0.251. The zero-order chi connectivity index (χ0) is 35.2. The average Bonchev–Trinajstić information content (AvgIpc) is 3.27. The SMILES string of the molecule is CC(C)C1=C2[C@H]3CC[C@@H]4[C@@]5(C)CC[C@H](OC(=O)CC(C)(C)C(=O)O)C(C)(C)[C@H]5CC[C@@]4(C)[C@]3(C)CC[C@@]2([C@@H](O)CNC2CCC2)CC1=O. The fourth-order valence-corrected chi connectivity index (χ4v) is 13.0. The number of aliphatic hydroxyl groups is 1. The number of carboxylic acid groups (broad SMARTS) is 1. The number of ketones is 1. The van der Waals surface area contributed by atoms with Gasteiger partial charge < -0.3 is 20.3 Å². The molecule has 7 heteroatoms. The van der Waals surface area contributed by atoms with Crippen molar-refractivity contribution in [3.8, 4) is 0 Å². The normalized spacial score (nSPS) is 41.5. The molecule has 0 saturated heterocycles. The molecule has 7 nitrogen and oxygen atoms in total. The van der Waals surface area contributed by atoms with Crippen LogP contribution in [0, 0.1) is 56.2 Å². The van der Waals surface area contributed by atoms with Gasteiger partial charge in [-0.05, 0) is 124 Å². The average molecular weight is 668 g/mol. The van der Waals surface area contributed by atoms with Crippen LogP contribution in [-0.4, -0.2) is 52.7 Å². The smallest absolute Gasteiger partial charge is 0.309 e. The Morgan fingerprint density at radius 2 is 1.60 bits per heavy atom. The number of carboxylic acids is 1. The molecule has 5 fully saturated rings. The molecule has 6 aliphatic carbocycles. The number of esters is 1. The second-order valence-electron chi connectivity index (χ2n) is 19.6. The zero-order valence-electron chi connectivity index (χ0n) is 31.5. The van der Waals surface area contributed by atoms with Crippen LogP contribution in [0.5, 0.6) is 0 Å². The molecule has 0 aromatic rings. The largest absolute Gasteiger partial charge is 0.481 e. The van der Waals surface area contributed by atoms with Crippen LogP contribution in [0.4, 0.5) is 0 Å². The number of rotatable bonds is 9. The summed E-state index contributed by atoms with van der Waals surface area (Å²) >= 11 is 0. The molecule has 9 atom stereocenters. The number of ether oxygens (including phenoxy) is 1. The van der Waals surface area contributed by atoms with Gasteiger partial charge in [-0.15, -0.1) is 0 Å². The molecule has 0 heterocycles. The third-order valence-electron chi connectivity index (χ3n) is 16.2. The van der Waals surface area contributed by atoms with E-state index in [0.717, 1.165) is 56.9 Å². The van der Waals surface area contributed by atoms with Crippen LogP contribution in [-0.2, 0) is 19.1 Å². The van der Waals surface area contributed by atoms with Gasteiger partial charge in [-0.25, -0.2) is 0 Å². The van der Waals surface area contributed by atoms with Crippen molar-refractivity contribution < 1.29 is 29.3 Å². The van der Waals surface area contributed by atoms with Crippen LogP contribution >= 0.6 is 0 Å². The number of fused-ring (bicyclic) bond motifs is 7. The van der Waals surface area contributed by atoms with Gasteiger partial charge in [-0.2, -0.15) is 0 Å². The van der Waals surface area contributed by atoms with Crippen molar-refractivity contribution in [1.82, 2.24) is 5.32 Å². The lowest BCUT2D eigenvalue weighted by atomic mass is 9.33.